The zero-order valence-corrected chi connectivity index (χ0v) is 13.9. The number of nitrogens with zero attached hydrogens (tertiary/aromatic N) is 2. The van der Waals surface area contributed by atoms with E-state index in [4.69, 9.17) is 14.2 Å². The molecular weight excluding hydrogens is 286 g/mol. The molecule has 2 aliphatic rings. The number of ether oxygens (including phenoxy) is 1. The molecule has 21 heavy (non-hydrogen) atoms. The summed E-state index contributed by atoms with van der Waals surface area (Å²) in [6.45, 7) is 2.30. The van der Waals surface area contributed by atoms with E-state index >= 15 is 0 Å². The van der Waals surface area contributed by atoms with Crippen LogP contribution >= 0.6 is 11.8 Å². The standard InChI is InChI=1S/C15H25N3O2S/c1-10-4-6-15(19-3,7-5-10)14-17-13(20-18-14)11-8-21-9-12(11)16-2/h10-12,16H,4-9H2,1-3H3. The molecule has 1 N–H and O–H groups in total. The van der Waals surface area contributed by atoms with E-state index in [1.54, 1.807) is 7.11 Å². The molecule has 1 aromatic rings. The Morgan fingerprint density at radius 1 is 1.33 bits per heavy atom. The van der Waals surface area contributed by atoms with Crippen LogP contribution < -0.4 is 5.32 Å². The minimum atomic E-state index is -0.338. The summed E-state index contributed by atoms with van der Waals surface area (Å²) in [4.78, 5) is 4.73. The van der Waals surface area contributed by atoms with E-state index in [1.807, 2.05) is 18.8 Å². The normalized spacial score (nSPS) is 37.0. The van der Waals surface area contributed by atoms with Crippen molar-refractivity contribution in [2.24, 2.45) is 5.92 Å². The third-order valence-corrected chi connectivity index (χ3v) is 6.28. The fourth-order valence-corrected chi connectivity index (χ4v) is 4.82. The minimum absolute atomic E-state index is 0.317. The molecule has 5 nitrogen and oxygen atoms in total. The number of likely N-dealkylation sites (N-methyl/N-ethyl adjacent to an activating group) is 1. The average Bonchev–Trinajstić information content (AvgIpc) is 3.17. The summed E-state index contributed by atoms with van der Waals surface area (Å²) in [5.41, 5.74) is -0.338. The van der Waals surface area contributed by atoms with Crippen molar-refractivity contribution in [2.45, 2.75) is 50.2 Å². The first-order valence-corrected chi connectivity index (χ1v) is 8.98. The van der Waals surface area contributed by atoms with Gasteiger partial charge < -0.3 is 14.6 Å². The predicted octanol–water partition coefficient (Wildman–Crippen LogP) is 2.54. The number of hydrogen-bond donors (Lipinski definition) is 1. The summed E-state index contributed by atoms with van der Waals surface area (Å²) in [6, 6.07) is 0.424. The Morgan fingerprint density at radius 3 is 2.76 bits per heavy atom. The average molecular weight is 311 g/mol. The van der Waals surface area contributed by atoms with Crippen LogP contribution in [-0.4, -0.2) is 41.8 Å². The van der Waals surface area contributed by atoms with Crippen molar-refractivity contribution in [2.75, 3.05) is 25.7 Å². The van der Waals surface area contributed by atoms with Crippen molar-refractivity contribution in [3.05, 3.63) is 11.7 Å². The lowest BCUT2D eigenvalue weighted by molar-refractivity contribution is -0.0609. The number of rotatable bonds is 4. The molecule has 0 spiro atoms. The van der Waals surface area contributed by atoms with E-state index < -0.39 is 0 Å². The molecule has 1 saturated heterocycles. The molecule has 1 aliphatic heterocycles. The second-order valence-corrected chi connectivity index (χ2v) is 7.45. The molecule has 1 aromatic heterocycles. The first-order valence-electron chi connectivity index (χ1n) is 7.83. The number of nitrogens with one attached hydrogen (secondary N) is 1. The third-order valence-electron chi connectivity index (χ3n) is 5.09. The molecule has 0 radical (unpaired) electrons. The number of methoxy groups -OCH3 is 1. The maximum Gasteiger partial charge on any atom is 0.232 e. The Kier molecular flexibility index (Phi) is 4.57. The highest BCUT2D eigenvalue weighted by atomic mass is 32.2. The lowest BCUT2D eigenvalue weighted by Crippen LogP contribution is -2.34. The van der Waals surface area contributed by atoms with E-state index in [-0.39, 0.29) is 5.60 Å². The van der Waals surface area contributed by atoms with Crippen LogP contribution in [0.2, 0.25) is 0 Å². The van der Waals surface area contributed by atoms with E-state index in [9.17, 15) is 0 Å². The Morgan fingerprint density at radius 2 is 2.10 bits per heavy atom. The van der Waals surface area contributed by atoms with Gasteiger partial charge in [0.15, 0.2) is 0 Å². The number of thioether (sulfide) groups is 1. The van der Waals surface area contributed by atoms with E-state index in [0.717, 1.165) is 54.8 Å². The van der Waals surface area contributed by atoms with Crippen LogP contribution in [0.1, 0.15) is 50.2 Å². The summed E-state index contributed by atoms with van der Waals surface area (Å²) in [5, 5.41) is 7.62. The highest BCUT2D eigenvalue weighted by Gasteiger charge is 2.41. The zero-order chi connectivity index (χ0) is 14.9. The maximum atomic E-state index is 5.84. The van der Waals surface area contributed by atoms with Crippen LogP contribution in [0, 0.1) is 5.92 Å². The second-order valence-electron chi connectivity index (χ2n) is 6.38. The lowest BCUT2D eigenvalue weighted by Gasteiger charge is -2.35. The fourth-order valence-electron chi connectivity index (χ4n) is 3.40. The van der Waals surface area contributed by atoms with E-state index in [0.29, 0.717) is 12.0 Å². The summed E-state index contributed by atoms with van der Waals surface area (Å²) < 4.78 is 11.4. The zero-order valence-electron chi connectivity index (χ0n) is 13.1. The SMILES string of the molecule is CNC1CSCC1c1nc(C2(OC)CCC(C)CC2)no1. The maximum absolute atomic E-state index is 5.84. The smallest absolute Gasteiger partial charge is 0.232 e. The van der Waals surface area contributed by atoms with Gasteiger partial charge in [0.05, 0.1) is 5.92 Å². The number of hydrogen-bond acceptors (Lipinski definition) is 6. The topological polar surface area (TPSA) is 60.2 Å². The fraction of sp³-hybridized carbons (Fsp3) is 0.867. The molecule has 1 saturated carbocycles. The Balaban J connectivity index is 1.80. The van der Waals surface area contributed by atoms with Gasteiger partial charge in [-0.15, -0.1) is 0 Å². The van der Waals surface area contributed by atoms with Crippen molar-refractivity contribution in [1.82, 2.24) is 15.5 Å². The second kappa shape index (κ2) is 6.26. The Hall–Kier alpha value is -0.590. The van der Waals surface area contributed by atoms with Gasteiger partial charge in [0.2, 0.25) is 11.7 Å². The first-order chi connectivity index (χ1) is 10.2. The van der Waals surface area contributed by atoms with E-state index in [2.05, 4.69) is 17.4 Å². The van der Waals surface area contributed by atoms with Gasteiger partial charge >= 0.3 is 0 Å². The lowest BCUT2D eigenvalue weighted by atomic mass is 9.79. The molecule has 2 atom stereocenters. The van der Waals surface area contributed by atoms with Gasteiger partial charge in [0.1, 0.15) is 5.60 Å². The molecule has 2 heterocycles. The van der Waals surface area contributed by atoms with Gasteiger partial charge in [-0.05, 0) is 38.6 Å². The van der Waals surface area contributed by atoms with Gasteiger partial charge in [0, 0.05) is 24.7 Å². The monoisotopic (exact) mass is 311 g/mol. The van der Waals surface area contributed by atoms with Gasteiger partial charge in [-0.1, -0.05) is 12.1 Å². The summed E-state index contributed by atoms with van der Waals surface area (Å²) in [7, 11) is 3.77. The van der Waals surface area contributed by atoms with Gasteiger partial charge in [-0.2, -0.15) is 16.7 Å². The molecule has 3 rings (SSSR count). The van der Waals surface area contributed by atoms with Crippen molar-refractivity contribution in [3.63, 3.8) is 0 Å². The highest BCUT2D eigenvalue weighted by Crippen LogP contribution is 2.41. The quantitative estimate of drug-likeness (QED) is 0.922. The largest absolute Gasteiger partial charge is 0.370 e. The van der Waals surface area contributed by atoms with Crippen LogP contribution in [0.4, 0.5) is 0 Å². The molecule has 0 bridgehead atoms. The van der Waals surface area contributed by atoms with Crippen LogP contribution in [-0.2, 0) is 10.3 Å². The summed E-state index contributed by atoms with van der Waals surface area (Å²) in [6.07, 6.45) is 4.29. The van der Waals surface area contributed by atoms with Crippen molar-refractivity contribution < 1.29 is 9.26 Å². The predicted molar refractivity (Wildman–Crippen MR) is 83.5 cm³/mol. The molecule has 0 amide bonds. The highest BCUT2D eigenvalue weighted by molar-refractivity contribution is 7.99. The molecule has 0 aromatic carbocycles. The molecule has 6 heteroatoms. The summed E-state index contributed by atoms with van der Waals surface area (Å²) >= 11 is 1.94. The van der Waals surface area contributed by atoms with Crippen LogP contribution in [0.3, 0.4) is 0 Å². The Bertz CT molecular complexity index is 471. The van der Waals surface area contributed by atoms with Gasteiger partial charge in [0.25, 0.3) is 0 Å². The van der Waals surface area contributed by atoms with Crippen LogP contribution in [0.5, 0.6) is 0 Å². The van der Waals surface area contributed by atoms with Crippen molar-refractivity contribution in [1.29, 1.82) is 0 Å². The summed E-state index contributed by atoms with van der Waals surface area (Å²) in [5.74, 6) is 4.75. The molecule has 118 valence electrons. The Labute approximate surface area is 130 Å². The first kappa shape index (κ1) is 15.3. The number of aromatic nitrogens is 2. The van der Waals surface area contributed by atoms with E-state index in [1.165, 1.54) is 0 Å². The van der Waals surface area contributed by atoms with Gasteiger partial charge in [-0.25, -0.2) is 0 Å². The van der Waals surface area contributed by atoms with Crippen LogP contribution in [0.25, 0.3) is 0 Å². The van der Waals surface area contributed by atoms with Gasteiger partial charge in [-0.3, -0.25) is 0 Å². The third kappa shape index (κ3) is 2.85. The molecule has 1 aliphatic carbocycles. The molecule has 2 fully saturated rings. The van der Waals surface area contributed by atoms with Crippen molar-refractivity contribution in [3.8, 4) is 0 Å². The van der Waals surface area contributed by atoms with Crippen LogP contribution in [0.15, 0.2) is 4.52 Å². The molecule has 2 unspecified atom stereocenters. The van der Waals surface area contributed by atoms with Crippen molar-refractivity contribution >= 4 is 11.8 Å². The minimum Gasteiger partial charge on any atom is -0.370 e. The molecular formula is C15H25N3O2S.